The molecule has 0 aliphatic heterocycles. The summed E-state index contributed by atoms with van der Waals surface area (Å²) in [6.45, 7) is 0. The highest BCUT2D eigenvalue weighted by atomic mass is 79.9. The molecule has 0 fully saturated rings. The molecular weight excluding hydrogens is 234 g/mol. The normalized spacial score (nSPS) is 10.5. The van der Waals surface area contributed by atoms with E-state index in [1.165, 1.54) is 22.7 Å². The molecule has 0 spiro atoms. The molecule has 0 aliphatic carbocycles. The number of pyridine rings is 2. The third kappa shape index (κ3) is 1.33. The van der Waals surface area contributed by atoms with E-state index in [1.807, 2.05) is 0 Å². The molecule has 2 aromatic heterocycles. The maximum Gasteiger partial charge on any atom is 0.269 e. The second-order valence-corrected chi connectivity index (χ2v) is 3.52. The Kier molecular flexibility index (Phi) is 1.84. The molecule has 4 heteroatoms. The predicted molar refractivity (Wildman–Crippen MR) is 53.0 cm³/mol. The largest absolute Gasteiger partial charge is 0.508 e. The quantitative estimate of drug-likeness (QED) is 0.762. The molecule has 0 unspecified atom stereocenters. The maximum absolute atomic E-state index is 11.5. The predicted octanol–water partition coefficient (Wildman–Crippen LogP) is 1.77. The Morgan fingerprint density at radius 2 is 2.08 bits per heavy atom. The highest BCUT2D eigenvalue weighted by molar-refractivity contribution is 9.10. The van der Waals surface area contributed by atoms with Crippen molar-refractivity contribution in [1.29, 1.82) is 0 Å². The molecule has 0 bridgehead atoms. The van der Waals surface area contributed by atoms with Crippen LogP contribution in [0.4, 0.5) is 0 Å². The zero-order valence-corrected chi connectivity index (χ0v) is 8.15. The smallest absolute Gasteiger partial charge is 0.269 e. The number of nitrogens with zero attached hydrogens (tertiary/aromatic N) is 1. The van der Waals surface area contributed by atoms with Crippen molar-refractivity contribution in [3.63, 3.8) is 0 Å². The SMILES string of the molecule is O=c1c(Br)ccc2cc(O)ccn12. The highest BCUT2D eigenvalue weighted by Gasteiger charge is 1.99. The van der Waals surface area contributed by atoms with Crippen molar-refractivity contribution in [3.8, 4) is 5.75 Å². The molecule has 13 heavy (non-hydrogen) atoms. The number of aromatic hydroxyl groups is 1. The summed E-state index contributed by atoms with van der Waals surface area (Å²) < 4.78 is 1.97. The van der Waals surface area contributed by atoms with Crippen molar-refractivity contribution in [3.05, 3.63) is 45.3 Å². The Labute approximate surface area is 82.4 Å². The Morgan fingerprint density at radius 3 is 2.85 bits per heavy atom. The van der Waals surface area contributed by atoms with Crippen LogP contribution in [0, 0.1) is 0 Å². The van der Waals surface area contributed by atoms with E-state index in [0.717, 1.165) is 0 Å². The van der Waals surface area contributed by atoms with Gasteiger partial charge in [0, 0.05) is 12.3 Å². The van der Waals surface area contributed by atoms with Gasteiger partial charge in [0.1, 0.15) is 5.75 Å². The molecule has 1 N–H and O–H groups in total. The van der Waals surface area contributed by atoms with E-state index in [-0.39, 0.29) is 11.3 Å². The Balaban J connectivity index is 2.95. The first-order valence-corrected chi connectivity index (χ1v) is 4.48. The van der Waals surface area contributed by atoms with Gasteiger partial charge in [0.05, 0.1) is 9.99 Å². The van der Waals surface area contributed by atoms with Gasteiger partial charge in [-0.2, -0.15) is 0 Å². The molecule has 0 saturated carbocycles. The molecule has 2 aromatic rings. The lowest BCUT2D eigenvalue weighted by molar-refractivity contribution is 0.475. The lowest BCUT2D eigenvalue weighted by Crippen LogP contribution is -2.12. The van der Waals surface area contributed by atoms with Crippen molar-refractivity contribution in [1.82, 2.24) is 4.40 Å². The van der Waals surface area contributed by atoms with Crippen molar-refractivity contribution in [2.24, 2.45) is 0 Å². The minimum Gasteiger partial charge on any atom is -0.508 e. The number of halogens is 1. The molecule has 0 saturated heterocycles. The highest BCUT2D eigenvalue weighted by Crippen LogP contribution is 2.12. The molecule has 3 nitrogen and oxygen atoms in total. The second kappa shape index (κ2) is 2.88. The van der Waals surface area contributed by atoms with Gasteiger partial charge in [0.25, 0.3) is 5.56 Å². The topological polar surface area (TPSA) is 41.7 Å². The summed E-state index contributed by atoms with van der Waals surface area (Å²) in [4.78, 5) is 11.5. The number of aromatic nitrogens is 1. The average Bonchev–Trinajstić information content (AvgIpc) is 2.12. The van der Waals surface area contributed by atoms with Crippen LogP contribution in [0.15, 0.2) is 39.7 Å². The van der Waals surface area contributed by atoms with Crippen molar-refractivity contribution in [2.45, 2.75) is 0 Å². The van der Waals surface area contributed by atoms with Gasteiger partial charge >= 0.3 is 0 Å². The Bertz CT molecular complexity index is 518. The minimum absolute atomic E-state index is 0.127. The number of fused-ring (bicyclic) bond motifs is 1. The van der Waals surface area contributed by atoms with Crippen LogP contribution in [0.5, 0.6) is 5.75 Å². The molecule has 0 aliphatic rings. The minimum atomic E-state index is -0.127. The van der Waals surface area contributed by atoms with Crippen LogP contribution in [0.1, 0.15) is 0 Å². The fourth-order valence-electron chi connectivity index (χ4n) is 1.16. The zero-order chi connectivity index (χ0) is 9.42. The van der Waals surface area contributed by atoms with E-state index in [4.69, 9.17) is 5.11 Å². The molecule has 2 heterocycles. The van der Waals surface area contributed by atoms with Gasteiger partial charge in [0.15, 0.2) is 0 Å². The van der Waals surface area contributed by atoms with Gasteiger partial charge in [-0.25, -0.2) is 0 Å². The average molecular weight is 240 g/mol. The fraction of sp³-hybridized carbons (Fsp3) is 0. The van der Waals surface area contributed by atoms with Gasteiger partial charge in [-0.15, -0.1) is 0 Å². The fourth-order valence-corrected chi connectivity index (χ4v) is 1.49. The van der Waals surface area contributed by atoms with Gasteiger partial charge < -0.3 is 5.11 Å². The molecular formula is C9H6BrNO2. The number of hydrogen-bond acceptors (Lipinski definition) is 2. The Morgan fingerprint density at radius 1 is 1.31 bits per heavy atom. The monoisotopic (exact) mass is 239 g/mol. The summed E-state index contributed by atoms with van der Waals surface area (Å²) in [6.07, 6.45) is 1.54. The van der Waals surface area contributed by atoms with Crippen molar-refractivity contribution >= 4 is 21.4 Å². The van der Waals surface area contributed by atoms with Crippen molar-refractivity contribution < 1.29 is 5.11 Å². The van der Waals surface area contributed by atoms with Crippen LogP contribution >= 0.6 is 15.9 Å². The Hall–Kier alpha value is -1.29. The van der Waals surface area contributed by atoms with Gasteiger partial charge in [0.2, 0.25) is 0 Å². The summed E-state index contributed by atoms with van der Waals surface area (Å²) in [5.74, 6) is 0.154. The zero-order valence-electron chi connectivity index (χ0n) is 6.57. The summed E-state index contributed by atoms with van der Waals surface area (Å²) in [7, 11) is 0. The van der Waals surface area contributed by atoms with E-state index < -0.39 is 0 Å². The van der Waals surface area contributed by atoms with Crippen LogP contribution in [0.3, 0.4) is 0 Å². The van der Waals surface area contributed by atoms with Crippen LogP contribution in [-0.2, 0) is 0 Å². The molecule has 0 aromatic carbocycles. The standard InChI is InChI=1S/C9H6BrNO2/c10-8-2-1-6-5-7(12)3-4-11(6)9(8)13/h1-5,12H. The number of hydrogen-bond donors (Lipinski definition) is 1. The summed E-state index contributed by atoms with van der Waals surface area (Å²) in [5, 5.41) is 9.16. The summed E-state index contributed by atoms with van der Waals surface area (Å²) in [6, 6.07) is 6.43. The molecule has 0 amide bonds. The van der Waals surface area contributed by atoms with E-state index in [2.05, 4.69) is 15.9 Å². The van der Waals surface area contributed by atoms with Crippen LogP contribution < -0.4 is 5.56 Å². The molecule has 0 radical (unpaired) electrons. The first-order valence-electron chi connectivity index (χ1n) is 3.68. The maximum atomic E-state index is 11.5. The molecule has 2 rings (SSSR count). The van der Waals surface area contributed by atoms with Crippen LogP contribution in [-0.4, -0.2) is 9.51 Å². The first-order chi connectivity index (χ1) is 6.18. The van der Waals surface area contributed by atoms with Crippen molar-refractivity contribution in [2.75, 3.05) is 0 Å². The molecule has 0 atom stereocenters. The third-order valence-corrected chi connectivity index (χ3v) is 2.40. The third-order valence-electron chi connectivity index (χ3n) is 1.79. The van der Waals surface area contributed by atoms with E-state index in [0.29, 0.717) is 9.99 Å². The van der Waals surface area contributed by atoms with E-state index in [1.54, 1.807) is 12.1 Å². The summed E-state index contributed by atoms with van der Waals surface area (Å²) >= 11 is 3.14. The van der Waals surface area contributed by atoms with E-state index in [9.17, 15) is 4.79 Å². The second-order valence-electron chi connectivity index (χ2n) is 2.67. The van der Waals surface area contributed by atoms with E-state index >= 15 is 0 Å². The lowest BCUT2D eigenvalue weighted by Gasteiger charge is -2.00. The van der Waals surface area contributed by atoms with Gasteiger partial charge in [-0.1, -0.05) is 0 Å². The number of rotatable bonds is 0. The van der Waals surface area contributed by atoms with Gasteiger partial charge in [-0.05, 0) is 34.1 Å². The lowest BCUT2D eigenvalue weighted by atomic mass is 10.3. The van der Waals surface area contributed by atoms with Gasteiger partial charge in [-0.3, -0.25) is 9.20 Å². The summed E-state index contributed by atoms with van der Waals surface area (Å²) in [5.41, 5.74) is 0.547. The first kappa shape index (κ1) is 8.31. The molecule has 66 valence electrons. The van der Waals surface area contributed by atoms with Crippen LogP contribution in [0.25, 0.3) is 5.52 Å². The van der Waals surface area contributed by atoms with Crippen LogP contribution in [0.2, 0.25) is 0 Å².